The van der Waals surface area contributed by atoms with E-state index in [1.807, 2.05) is 26.2 Å². The van der Waals surface area contributed by atoms with E-state index in [0.717, 1.165) is 22.8 Å². The van der Waals surface area contributed by atoms with E-state index in [9.17, 15) is 0 Å². The summed E-state index contributed by atoms with van der Waals surface area (Å²) < 4.78 is 26.6. The summed E-state index contributed by atoms with van der Waals surface area (Å²) in [7, 11) is 4.17. The molecule has 1 aromatic heterocycles. The second kappa shape index (κ2) is 8.31. The summed E-state index contributed by atoms with van der Waals surface area (Å²) in [4.78, 5) is 4.71. The first-order valence-electron chi connectivity index (χ1n) is 13.1. The number of anilines is 3. The second-order valence-corrected chi connectivity index (χ2v) is 9.80. The van der Waals surface area contributed by atoms with Crippen molar-refractivity contribution in [2.24, 2.45) is 7.05 Å². The van der Waals surface area contributed by atoms with E-state index in [-0.39, 0.29) is 6.98 Å². The molecule has 0 saturated carbocycles. The molecule has 4 rings (SSSR count). The maximum absolute atomic E-state index is 8.17. The lowest BCUT2D eigenvalue weighted by atomic mass is 9.59. The maximum Gasteiger partial charge on any atom is 0.538 e. The van der Waals surface area contributed by atoms with Gasteiger partial charge in [0.2, 0.25) is 0 Å². The van der Waals surface area contributed by atoms with Gasteiger partial charge in [-0.15, -0.1) is 0 Å². The Kier molecular flexibility index (Phi) is 4.88. The number of pyridine rings is 1. The van der Waals surface area contributed by atoms with E-state index >= 15 is 0 Å². The number of benzene rings is 2. The van der Waals surface area contributed by atoms with Gasteiger partial charge in [-0.25, -0.2) is 4.57 Å². The number of rotatable bonds is 4. The standard InChI is InChI=1S/C28H37BN3/c1-18(2)23-13-11-14-24(19(3)4)27(23)29-31(9)25-15-10-12-20(5)28(25)32(29)26-16-21(6)22(7)17-30(26)8/h10-19H,1-9H3/q+1/i6D3. The van der Waals surface area contributed by atoms with Gasteiger partial charge in [0.25, 0.3) is 5.82 Å². The van der Waals surface area contributed by atoms with Crippen LogP contribution < -0.4 is 19.7 Å². The van der Waals surface area contributed by atoms with Gasteiger partial charge in [0, 0.05) is 15.6 Å². The Morgan fingerprint density at radius 1 is 0.906 bits per heavy atom. The number of fused-ring (bicyclic) bond motifs is 1. The van der Waals surface area contributed by atoms with Gasteiger partial charge < -0.3 is 4.81 Å². The van der Waals surface area contributed by atoms with Crippen LogP contribution in [0.4, 0.5) is 17.2 Å². The van der Waals surface area contributed by atoms with Crippen LogP contribution in [0.25, 0.3) is 0 Å². The maximum atomic E-state index is 8.17. The van der Waals surface area contributed by atoms with Gasteiger partial charge in [0.1, 0.15) is 5.69 Å². The number of hydrogen-bond donors (Lipinski definition) is 0. The van der Waals surface area contributed by atoms with Crippen molar-refractivity contribution in [1.29, 1.82) is 0 Å². The van der Waals surface area contributed by atoms with Crippen molar-refractivity contribution < 1.29 is 8.68 Å². The van der Waals surface area contributed by atoms with Crippen LogP contribution in [-0.2, 0) is 7.05 Å². The van der Waals surface area contributed by atoms with Crippen molar-refractivity contribution in [2.75, 3.05) is 16.7 Å². The highest BCUT2D eigenvalue weighted by Gasteiger charge is 2.51. The van der Waals surface area contributed by atoms with E-state index in [1.54, 1.807) is 0 Å². The molecule has 3 aromatic rings. The first kappa shape index (κ1) is 18.8. The number of hydrogen-bond acceptors (Lipinski definition) is 2. The molecular formula is C28H37BN3+. The van der Waals surface area contributed by atoms with Crippen LogP contribution in [-0.4, -0.2) is 14.0 Å². The Balaban J connectivity index is 2.09. The molecule has 0 bridgehead atoms. The molecule has 0 aliphatic carbocycles. The molecule has 0 spiro atoms. The van der Waals surface area contributed by atoms with Crippen molar-refractivity contribution in [3.05, 3.63) is 76.5 Å². The third kappa shape index (κ3) is 3.50. The summed E-state index contributed by atoms with van der Waals surface area (Å²) in [6.07, 6.45) is 1.95. The molecule has 0 saturated heterocycles. The summed E-state index contributed by atoms with van der Waals surface area (Å²) in [5.41, 5.74) is 8.59. The Hall–Kier alpha value is -2.75. The monoisotopic (exact) mass is 429 g/mol. The van der Waals surface area contributed by atoms with Crippen molar-refractivity contribution >= 4 is 29.6 Å². The van der Waals surface area contributed by atoms with E-state index < -0.39 is 6.85 Å². The van der Waals surface area contributed by atoms with Crippen LogP contribution >= 0.6 is 0 Å². The normalized spacial score (nSPS) is 15.3. The van der Waals surface area contributed by atoms with E-state index in [1.165, 1.54) is 22.2 Å². The second-order valence-electron chi connectivity index (χ2n) is 9.80. The van der Waals surface area contributed by atoms with Crippen molar-refractivity contribution in [2.45, 2.75) is 60.2 Å². The predicted octanol–water partition coefficient (Wildman–Crippen LogP) is 5.67. The predicted molar refractivity (Wildman–Crippen MR) is 139 cm³/mol. The SMILES string of the molecule is [2H]C([2H])([2H])c1cc(N2B(c3c(C(C)C)cccc3C(C)C)N(C)c3cccc(C)c32)[n+](C)cc1C. The van der Waals surface area contributed by atoms with Crippen molar-refractivity contribution in [3.63, 3.8) is 0 Å². The fourth-order valence-electron chi connectivity index (χ4n) is 5.15. The molecule has 1 aliphatic heterocycles. The summed E-state index contributed by atoms with van der Waals surface area (Å²) in [5, 5.41) is 0. The summed E-state index contributed by atoms with van der Waals surface area (Å²) in [6, 6.07) is 14.9. The smallest absolute Gasteiger partial charge is 0.369 e. The molecule has 4 heteroatoms. The fourth-order valence-corrected chi connectivity index (χ4v) is 5.15. The first-order chi connectivity index (χ1) is 16.3. The van der Waals surface area contributed by atoms with Crippen LogP contribution in [0.1, 0.15) is 71.5 Å². The molecule has 166 valence electrons. The number of aryl methyl sites for hydroxylation is 4. The lowest BCUT2D eigenvalue weighted by Crippen LogP contribution is -2.58. The van der Waals surface area contributed by atoms with Gasteiger partial charge >= 0.3 is 6.98 Å². The third-order valence-corrected chi connectivity index (χ3v) is 6.82. The largest absolute Gasteiger partial charge is 0.538 e. The molecule has 0 unspecified atom stereocenters. The minimum absolute atomic E-state index is 0.0968. The van der Waals surface area contributed by atoms with Gasteiger partial charge in [-0.3, -0.25) is 4.81 Å². The zero-order valence-electron chi connectivity index (χ0n) is 23.7. The molecule has 2 aromatic carbocycles. The van der Waals surface area contributed by atoms with Crippen LogP contribution in [0.5, 0.6) is 0 Å². The Bertz CT molecular complexity index is 1240. The third-order valence-electron chi connectivity index (χ3n) is 6.82. The molecule has 32 heavy (non-hydrogen) atoms. The molecule has 0 fully saturated rings. The lowest BCUT2D eigenvalue weighted by Gasteiger charge is -2.28. The topological polar surface area (TPSA) is 10.4 Å². The van der Waals surface area contributed by atoms with Gasteiger partial charge in [-0.1, -0.05) is 58.0 Å². The average molecular weight is 429 g/mol. The average Bonchev–Trinajstić information content (AvgIpc) is 3.05. The molecule has 0 N–H and O–H groups in total. The van der Waals surface area contributed by atoms with Gasteiger partial charge in [-0.2, -0.15) is 0 Å². The van der Waals surface area contributed by atoms with Crippen LogP contribution in [0.15, 0.2) is 48.7 Å². The quantitative estimate of drug-likeness (QED) is 0.391. The van der Waals surface area contributed by atoms with E-state index in [4.69, 9.17) is 4.11 Å². The molecule has 3 nitrogen and oxygen atoms in total. The van der Waals surface area contributed by atoms with Gasteiger partial charge in [0.15, 0.2) is 0 Å². The minimum Gasteiger partial charge on any atom is -0.369 e. The Morgan fingerprint density at radius 2 is 1.53 bits per heavy atom. The molecule has 0 atom stereocenters. The van der Waals surface area contributed by atoms with Crippen molar-refractivity contribution in [1.82, 2.24) is 0 Å². The zero-order valence-corrected chi connectivity index (χ0v) is 20.7. The zero-order chi connectivity index (χ0) is 25.8. The Labute approximate surface area is 199 Å². The van der Waals surface area contributed by atoms with E-state index in [2.05, 4.69) is 92.3 Å². The molecule has 2 heterocycles. The number of para-hydroxylation sites is 1. The summed E-state index contributed by atoms with van der Waals surface area (Å²) in [6.45, 7) is 10.7. The molecule has 0 amide bonds. The number of nitrogens with zero attached hydrogens (tertiary/aromatic N) is 3. The fraction of sp³-hybridized carbons (Fsp3) is 0.393. The van der Waals surface area contributed by atoms with Crippen molar-refractivity contribution in [3.8, 4) is 0 Å². The number of aromatic nitrogens is 1. The summed E-state index contributed by atoms with van der Waals surface area (Å²) in [5.74, 6) is 1.59. The Morgan fingerprint density at radius 3 is 2.12 bits per heavy atom. The van der Waals surface area contributed by atoms with Gasteiger partial charge in [0.05, 0.1) is 18.9 Å². The highest BCUT2D eigenvalue weighted by molar-refractivity contribution is 6.83. The van der Waals surface area contributed by atoms with Crippen LogP contribution in [0, 0.1) is 20.7 Å². The lowest BCUT2D eigenvalue weighted by molar-refractivity contribution is -0.658. The van der Waals surface area contributed by atoms with Gasteiger partial charge in [-0.05, 0) is 73.5 Å². The minimum atomic E-state index is -2.18. The van der Waals surface area contributed by atoms with Crippen LogP contribution in [0.2, 0.25) is 0 Å². The van der Waals surface area contributed by atoms with E-state index in [0.29, 0.717) is 17.4 Å². The van der Waals surface area contributed by atoms with Crippen LogP contribution in [0.3, 0.4) is 0 Å². The molecule has 1 aliphatic rings. The summed E-state index contributed by atoms with van der Waals surface area (Å²) >= 11 is 0. The first-order valence-corrected chi connectivity index (χ1v) is 11.6. The molecular weight excluding hydrogens is 389 g/mol. The highest BCUT2D eigenvalue weighted by atomic mass is 15.3. The molecule has 0 radical (unpaired) electrons. The highest BCUT2D eigenvalue weighted by Crippen LogP contribution is 2.44.